The Hall–Kier alpha value is -1.05. The van der Waals surface area contributed by atoms with Crippen LogP contribution in [-0.4, -0.2) is 49.1 Å². The van der Waals surface area contributed by atoms with E-state index in [2.05, 4.69) is 28.4 Å². The summed E-state index contributed by atoms with van der Waals surface area (Å²) in [5.74, 6) is 2.44. The molecule has 0 radical (unpaired) electrons. The molecule has 1 rings (SSSR count). The summed E-state index contributed by atoms with van der Waals surface area (Å²) in [5.41, 5.74) is 0. The van der Waals surface area contributed by atoms with E-state index in [4.69, 9.17) is 6.42 Å². The van der Waals surface area contributed by atoms with E-state index in [1.54, 1.807) is 0 Å². The summed E-state index contributed by atoms with van der Waals surface area (Å²) in [6, 6.07) is 0.411. The van der Waals surface area contributed by atoms with E-state index in [-0.39, 0.29) is 11.9 Å². The van der Waals surface area contributed by atoms with E-state index >= 15 is 0 Å². The highest BCUT2D eigenvalue weighted by Crippen LogP contribution is 2.09. The fourth-order valence-electron chi connectivity index (χ4n) is 2.21. The van der Waals surface area contributed by atoms with Crippen molar-refractivity contribution < 1.29 is 4.79 Å². The molecule has 2 atom stereocenters. The maximum atomic E-state index is 11.8. The number of rotatable bonds is 6. The van der Waals surface area contributed by atoms with Gasteiger partial charge < -0.3 is 10.6 Å². The van der Waals surface area contributed by atoms with Crippen molar-refractivity contribution in [2.75, 3.05) is 26.2 Å². The van der Waals surface area contributed by atoms with Crippen LogP contribution in [0.15, 0.2) is 0 Å². The molecular formula is C13H23N3O. The van der Waals surface area contributed by atoms with Crippen LogP contribution >= 0.6 is 0 Å². The highest BCUT2D eigenvalue weighted by molar-refractivity contribution is 5.81. The molecule has 0 bridgehead atoms. The Morgan fingerprint density at radius 1 is 1.71 bits per heavy atom. The highest BCUT2D eigenvalue weighted by Gasteiger charge is 2.23. The summed E-state index contributed by atoms with van der Waals surface area (Å²) in [5, 5.41) is 6.19. The van der Waals surface area contributed by atoms with Gasteiger partial charge in [0.05, 0.1) is 12.6 Å². The van der Waals surface area contributed by atoms with Crippen LogP contribution in [0.1, 0.15) is 26.7 Å². The van der Waals surface area contributed by atoms with E-state index in [1.165, 1.54) is 12.8 Å². The van der Waals surface area contributed by atoms with Crippen LogP contribution in [0.5, 0.6) is 0 Å². The topological polar surface area (TPSA) is 44.4 Å². The Balaban J connectivity index is 2.42. The van der Waals surface area contributed by atoms with Crippen LogP contribution in [0.3, 0.4) is 0 Å². The van der Waals surface area contributed by atoms with Crippen molar-refractivity contribution in [2.45, 2.75) is 38.8 Å². The summed E-state index contributed by atoms with van der Waals surface area (Å²) in [6.45, 7) is 7.23. The van der Waals surface area contributed by atoms with Crippen molar-refractivity contribution in [1.29, 1.82) is 0 Å². The van der Waals surface area contributed by atoms with Crippen molar-refractivity contribution in [3.8, 4) is 12.3 Å². The molecule has 96 valence electrons. The molecule has 1 aliphatic rings. The molecule has 4 heteroatoms. The fraction of sp³-hybridized carbons (Fsp3) is 0.769. The number of amides is 1. The van der Waals surface area contributed by atoms with Crippen LogP contribution in [0.4, 0.5) is 0 Å². The number of carbonyl (C=O) groups excluding carboxylic acids is 1. The normalized spacial score (nSPS) is 21.2. The second-order valence-electron chi connectivity index (χ2n) is 4.48. The van der Waals surface area contributed by atoms with Gasteiger partial charge in [0.2, 0.25) is 5.91 Å². The monoisotopic (exact) mass is 237 g/mol. The minimum atomic E-state index is -0.115. The first-order valence-electron chi connectivity index (χ1n) is 6.37. The molecule has 1 fully saturated rings. The average Bonchev–Trinajstić information content (AvgIpc) is 2.84. The van der Waals surface area contributed by atoms with Crippen LogP contribution in [0.2, 0.25) is 0 Å². The van der Waals surface area contributed by atoms with Gasteiger partial charge in [0.1, 0.15) is 0 Å². The minimum Gasteiger partial charge on any atom is -0.344 e. The number of carbonyl (C=O) groups is 1. The molecule has 0 aromatic carbocycles. The van der Waals surface area contributed by atoms with E-state index < -0.39 is 0 Å². The quantitative estimate of drug-likeness (QED) is 0.649. The average molecular weight is 237 g/mol. The number of nitrogens with zero attached hydrogens (tertiary/aromatic N) is 1. The second kappa shape index (κ2) is 7.31. The van der Waals surface area contributed by atoms with E-state index in [1.807, 2.05) is 6.92 Å². The summed E-state index contributed by atoms with van der Waals surface area (Å²) in [4.78, 5) is 14.0. The van der Waals surface area contributed by atoms with Gasteiger partial charge in [-0.05, 0) is 32.9 Å². The number of likely N-dealkylation sites (N-methyl/N-ethyl adjacent to an activating group) is 1. The summed E-state index contributed by atoms with van der Waals surface area (Å²) in [7, 11) is 0. The largest absolute Gasteiger partial charge is 0.344 e. The molecule has 1 heterocycles. The Bertz CT molecular complexity index is 279. The molecule has 2 unspecified atom stereocenters. The molecule has 0 saturated carbocycles. The van der Waals surface area contributed by atoms with Gasteiger partial charge in [-0.3, -0.25) is 9.69 Å². The van der Waals surface area contributed by atoms with Crippen LogP contribution in [-0.2, 0) is 4.79 Å². The lowest BCUT2D eigenvalue weighted by Crippen LogP contribution is -2.49. The summed E-state index contributed by atoms with van der Waals surface area (Å²) in [6.07, 6.45) is 7.57. The van der Waals surface area contributed by atoms with Gasteiger partial charge in [0, 0.05) is 12.6 Å². The fourth-order valence-corrected chi connectivity index (χ4v) is 2.21. The van der Waals surface area contributed by atoms with Gasteiger partial charge in [-0.1, -0.05) is 12.8 Å². The molecule has 4 nitrogen and oxygen atoms in total. The van der Waals surface area contributed by atoms with Crippen molar-refractivity contribution in [3.05, 3.63) is 0 Å². The second-order valence-corrected chi connectivity index (χ2v) is 4.48. The van der Waals surface area contributed by atoms with Gasteiger partial charge in [0.15, 0.2) is 0 Å². The molecule has 0 aromatic rings. The lowest BCUT2D eigenvalue weighted by Gasteiger charge is -2.29. The molecular weight excluding hydrogens is 214 g/mol. The van der Waals surface area contributed by atoms with Crippen LogP contribution < -0.4 is 10.6 Å². The van der Waals surface area contributed by atoms with Gasteiger partial charge in [0.25, 0.3) is 0 Å². The smallest absolute Gasteiger partial charge is 0.237 e. The van der Waals surface area contributed by atoms with Crippen molar-refractivity contribution >= 4 is 5.91 Å². The van der Waals surface area contributed by atoms with E-state index in [0.717, 1.165) is 19.6 Å². The van der Waals surface area contributed by atoms with E-state index in [0.29, 0.717) is 12.6 Å². The Labute approximate surface area is 104 Å². The number of hydrogen-bond donors (Lipinski definition) is 2. The maximum absolute atomic E-state index is 11.8. The first-order valence-corrected chi connectivity index (χ1v) is 6.37. The Morgan fingerprint density at radius 2 is 2.47 bits per heavy atom. The van der Waals surface area contributed by atoms with Gasteiger partial charge in [-0.15, -0.1) is 6.42 Å². The molecule has 1 aliphatic heterocycles. The third-order valence-electron chi connectivity index (χ3n) is 3.32. The molecule has 0 spiro atoms. The van der Waals surface area contributed by atoms with Gasteiger partial charge in [-0.2, -0.15) is 0 Å². The lowest BCUT2D eigenvalue weighted by molar-refractivity contribution is -0.125. The van der Waals surface area contributed by atoms with Crippen molar-refractivity contribution in [1.82, 2.24) is 15.5 Å². The zero-order valence-electron chi connectivity index (χ0n) is 10.8. The lowest BCUT2D eigenvalue weighted by atomic mass is 10.1. The van der Waals surface area contributed by atoms with Crippen LogP contribution in [0, 0.1) is 12.3 Å². The van der Waals surface area contributed by atoms with Crippen molar-refractivity contribution in [3.63, 3.8) is 0 Å². The third-order valence-corrected chi connectivity index (χ3v) is 3.32. The predicted molar refractivity (Wildman–Crippen MR) is 69.6 cm³/mol. The molecule has 17 heavy (non-hydrogen) atoms. The zero-order valence-corrected chi connectivity index (χ0v) is 10.8. The van der Waals surface area contributed by atoms with E-state index in [9.17, 15) is 4.79 Å². The summed E-state index contributed by atoms with van der Waals surface area (Å²) < 4.78 is 0. The zero-order chi connectivity index (χ0) is 12.7. The molecule has 1 amide bonds. The minimum absolute atomic E-state index is 0.0165. The SMILES string of the molecule is C#CCNC(=O)C(C)N(CC)CC1CCCN1. The molecule has 2 N–H and O–H groups in total. The highest BCUT2D eigenvalue weighted by atomic mass is 16.2. The van der Waals surface area contributed by atoms with Gasteiger partial charge in [-0.25, -0.2) is 0 Å². The van der Waals surface area contributed by atoms with Crippen molar-refractivity contribution in [2.24, 2.45) is 0 Å². The van der Waals surface area contributed by atoms with Crippen LogP contribution in [0.25, 0.3) is 0 Å². The summed E-state index contributed by atoms with van der Waals surface area (Å²) >= 11 is 0. The Morgan fingerprint density at radius 3 is 3.00 bits per heavy atom. The molecule has 0 aromatic heterocycles. The number of terminal acetylenes is 1. The number of hydrogen-bond acceptors (Lipinski definition) is 3. The predicted octanol–water partition coefficient (Wildman–Crippen LogP) is 0.198. The standard InChI is InChI=1S/C13H23N3O/c1-4-8-15-13(17)11(3)16(5-2)10-12-7-6-9-14-12/h1,11-12,14H,5-10H2,2-3H3,(H,15,17). The first kappa shape index (κ1) is 14.0. The van der Waals surface area contributed by atoms with Gasteiger partial charge >= 0.3 is 0 Å². The molecule has 1 saturated heterocycles. The Kier molecular flexibility index (Phi) is 6.03. The molecule has 0 aliphatic carbocycles. The first-order chi connectivity index (χ1) is 8.19. The number of nitrogens with one attached hydrogen (secondary N) is 2. The maximum Gasteiger partial charge on any atom is 0.237 e. The third kappa shape index (κ3) is 4.37.